The summed E-state index contributed by atoms with van der Waals surface area (Å²) in [6.07, 6.45) is 1.03. The number of aryl methyl sites for hydroxylation is 1. The number of aromatic nitrogens is 1. The molecule has 0 aliphatic carbocycles. The highest BCUT2D eigenvalue weighted by Gasteiger charge is 2.11. The van der Waals surface area contributed by atoms with Crippen molar-refractivity contribution < 1.29 is 14.3 Å². The van der Waals surface area contributed by atoms with E-state index in [1.807, 2.05) is 31.2 Å². The van der Waals surface area contributed by atoms with Crippen LogP contribution >= 0.6 is 0 Å². The zero-order valence-corrected chi connectivity index (χ0v) is 12.3. The molecule has 1 heterocycles. The van der Waals surface area contributed by atoms with E-state index in [1.54, 1.807) is 24.8 Å². The third-order valence-corrected chi connectivity index (χ3v) is 3.33. The molecule has 0 atom stereocenters. The maximum absolute atomic E-state index is 12.1. The van der Waals surface area contributed by atoms with E-state index in [1.165, 1.54) is 0 Å². The van der Waals surface area contributed by atoms with Gasteiger partial charge in [0.2, 0.25) is 5.91 Å². The van der Waals surface area contributed by atoms with E-state index >= 15 is 0 Å². The molecule has 0 saturated carbocycles. The molecule has 0 unspecified atom stereocenters. The molecule has 2 rings (SSSR count). The predicted octanol–water partition coefficient (Wildman–Crippen LogP) is 2.24. The summed E-state index contributed by atoms with van der Waals surface area (Å²) in [7, 11) is 1.59. The Balaban J connectivity index is 2.11. The van der Waals surface area contributed by atoms with Gasteiger partial charge in [0.15, 0.2) is 6.29 Å². The highest BCUT2D eigenvalue weighted by Crippen LogP contribution is 2.14. The van der Waals surface area contributed by atoms with Crippen molar-refractivity contribution in [3.8, 4) is 5.75 Å². The number of benzene rings is 1. The average Bonchev–Trinajstić information content (AvgIpc) is 2.74. The summed E-state index contributed by atoms with van der Waals surface area (Å²) in [4.78, 5) is 23.0. The van der Waals surface area contributed by atoms with Gasteiger partial charge in [0.25, 0.3) is 0 Å². The van der Waals surface area contributed by atoms with Crippen molar-refractivity contribution in [2.45, 2.75) is 20.3 Å². The maximum Gasteiger partial charge on any atom is 0.243 e. The first-order chi connectivity index (χ1) is 10.0. The smallest absolute Gasteiger partial charge is 0.243 e. The lowest BCUT2D eigenvalue weighted by Gasteiger charge is -2.11. The molecule has 21 heavy (non-hydrogen) atoms. The Hall–Kier alpha value is -2.56. The number of hydrogen-bond acceptors (Lipinski definition) is 3. The molecule has 5 nitrogen and oxygen atoms in total. The Bertz CT molecular complexity index is 674. The van der Waals surface area contributed by atoms with Gasteiger partial charge in [-0.1, -0.05) is 12.1 Å². The van der Waals surface area contributed by atoms with Crippen molar-refractivity contribution in [3.05, 3.63) is 52.8 Å². The summed E-state index contributed by atoms with van der Waals surface area (Å²) in [5, 5.41) is 0. The summed E-state index contributed by atoms with van der Waals surface area (Å²) in [6.45, 7) is 3.63. The summed E-state index contributed by atoms with van der Waals surface area (Å²) < 4.78 is 6.77. The average molecular weight is 286 g/mol. The fourth-order valence-electron chi connectivity index (χ4n) is 2.21. The van der Waals surface area contributed by atoms with E-state index in [4.69, 9.17) is 4.74 Å². The lowest BCUT2D eigenvalue weighted by atomic mass is 10.1. The maximum atomic E-state index is 12.1. The van der Waals surface area contributed by atoms with Crippen LogP contribution in [0.5, 0.6) is 5.75 Å². The van der Waals surface area contributed by atoms with E-state index in [0.29, 0.717) is 5.56 Å². The molecule has 0 radical (unpaired) electrons. The van der Waals surface area contributed by atoms with Gasteiger partial charge < -0.3 is 4.74 Å². The lowest BCUT2D eigenvalue weighted by molar-refractivity contribution is -0.116. The molecule has 2 aromatic rings. The molecule has 1 N–H and O–H groups in total. The van der Waals surface area contributed by atoms with Gasteiger partial charge in [-0.05, 0) is 37.6 Å². The van der Waals surface area contributed by atoms with E-state index < -0.39 is 0 Å². The highest BCUT2D eigenvalue weighted by molar-refractivity contribution is 5.86. The molecule has 110 valence electrons. The SMILES string of the molecule is COc1cccc(CC(=O)Nn2c(C)cc(C=O)c2C)c1. The van der Waals surface area contributed by atoms with Gasteiger partial charge in [0.1, 0.15) is 5.75 Å². The van der Waals surface area contributed by atoms with Crippen molar-refractivity contribution in [1.29, 1.82) is 0 Å². The van der Waals surface area contributed by atoms with Crippen LogP contribution in [0.3, 0.4) is 0 Å². The minimum absolute atomic E-state index is 0.150. The number of carbonyl (C=O) groups excluding carboxylic acids is 2. The van der Waals surface area contributed by atoms with E-state index in [-0.39, 0.29) is 12.3 Å². The monoisotopic (exact) mass is 286 g/mol. The zero-order valence-electron chi connectivity index (χ0n) is 12.3. The number of hydrogen-bond donors (Lipinski definition) is 1. The second kappa shape index (κ2) is 6.26. The van der Waals surface area contributed by atoms with Crippen LogP contribution in [0.1, 0.15) is 27.3 Å². The van der Waals surface area contributed by atoms with Crippen LogP contribution in [0.4, 0.5) is 0 Å². The van der Waals surface area contributed by atoms with E-state index in [2.05, 4.69) is 5.43 Å². The van der Waals surface area contributed by atoms with E-state index in [9.17, 15) is 9.59 Å². The van der Waals surface area contributed by atoms with Crippen molar-refractivity contribution in [3.63, 3.8) is 0 Å². The minimum atomic E-state index is -0.150. The molecular weight excluding hydrogens is 268 g/mol. The largest absolute Gasteiger partial charge is 0.497 e. The molecular formula is C16H18N2O3. The fraction of sp³-hybridized carbons (Fsp3) is 0.250. The first kappa shape index (κ1) is 14.8. The number of nitrogens with zero attached hydrogens (tertiary/aromatic N) is 1. The third-order valence-electron chi connectivity index (χ3n) is 3.33. The van der Waals surface area contributed by atoms with Gasteiger partial charge in [0, 0.05) is 17.0 Å². The first-order valence-corrected chi connectivity index (χ1v) is 6.62. The summed E-state index contributed by atoms with van der Waals surface area (Å²) in [5.74, 6) is 0.569. The molecule has 1 aromatic heterocycles. The summed E-state index contributed by atoms with van der Waals surface area (Å²) in [5.41, 5.74) is 5.78. The first-order valence-electron chi connectivity index (χ1n) is 6.62. The molecule has 0 fully saturated rings. The highest BCUT2D eigenvalue weighted by atomic mass is 16.5. The molecule has 5 heteroatoms. The van der Waals surface area contributed by atoms with Crippen molar-refractivity contribution in [1.82, 2.24) is 4.68 Å². The second-order valence-corrected chi connectivity index (χ2v) is 4.84. The van der Waals surface area contributed by atoms with Gasteiger partial charge in [-0.15, -0.1) is 0 Å². The number of aldehydes is 1. The van der Waals surface area contributed by atoms with Gasteiger partial charge in [-0.3, -0.25) is 19.7 Å². The van der Waals surface area contributed by atoms with Crippen LogP contribution in [0.15, 0.2) is 30.3 Å². The molecule has 1 aromatic carbocycles. The van der Waals surface area contributed by atoms with Gasteiger partial charge in [-0.25, -0.2) is 0 Å². The van der Waals surface area contributed by atoms with Crippen LogP contribution in [0, 0.1) is 13.8 Å². The Morgan fingerprint density at radius 3 is 2.71 bits per heavy atom. The van der Waals surface area contributed by atoms with Crippen LogP contribution in [0.25, 0.3) is 0 Å². The fourth-order valence-corrected chi connectivity index (χ4v) is 2.21. The third kappa shape index (κ3) is 3.31. The van der Waals surface area contributed by atoms with Crippen LogP contribution in [0.2, 0.25) is 0 Å². The molecule has 0 saturated heterocycles. The van der Waals surface area contributed by atoms with Crippen molar-refractivity contribution in [2.75, 3.05) is 12.5 Å². The van der Waals surface area contributed by atoms with Crippen molar-refractivity contribution >= 4 is 12.2 Å². The lowest BCUT2D eigenvalue weighted by Crippen LogP contribution is -2.26. The molecule has 1 amide bonds. The second-order valence-electron chi connectivity index (χ2n) is 4.84. The van der Waals surface area contributed by atoms with Gasteiger partial charge in [0.05, 0.1) is 13.5 Å². The van der Waals surface area contributed by atoms with E-state index in [0.717, 1.165) is 29.0 Å². The minimum Gasteiger partial charge on any atom is -0.497 e. The van der Waals surface area contributed by atoms with Crippen LogP contribution in [-0.4, -0.2) is 24.0 Å². The Kier molecular flexibility index (Phi) is 4.42. The molecule has 0 aliphatic heterocycles. The number of methoxy groups -OCH3 is 1. The number of amides is 1. The van der Waals surface area contributed by atoms with Crippen LogP contribution in [-0.2, 0) is 11.2 Å². The number of rotatable bonds is 5. The normalized spacial score (nSPS) is 10.2. The Morgan fingerprint density at radius 2 is 2.10 bits per heavy atom. The van der Waals surface area contributed by atoms with Gasteiger partial charge in [-0.2, -0.15) is 0 Å². The number of nitrogens with one attached hydrogen (secondary N) is 1. The molecule has 0 aliphatic rings. The zero-order chi connectivity index (χ0) is 15.4. The Morgan fingerprint density at radius 1 is 1.33 bits per heavy atom. The topological polar surface area (TPSA) is 60.3 Å². The summed E-state index contributed by atoms with van der Waals surface area (Å²) >= 11 is 0. The molecule has 0 bridgehead atoms. The predicted molar refractivity (Wildman–Crippen MR) is 80.4 cm³/mol. The quantitative estimate of drug-likeness (QED) is 0.857. The number of carbonyl (C=O) groups is 2. The number of ether oxygens (including phenoxy) is 1. The summed E-state index contributed by atoms with van der Waals surface area (Å²) in [6, 6.07) is 9.12. The van der Waals surface area contributed by atoms with Gasteiger partial charge >= 0.3 is 0 Å². The van der Waals surface area contributed by atoms with Crippen molar-refractivity contribution in [2.24, 2.45) is 0 Å². The standard InChI is InChI=1S/C16H18N2O3/c1-11-7-14(10-19)12(2)18(11)17-16(20)9-13-5-4-6-15(8-13)21-3/h4-8,10H,9H2,1-3H3,(H,17,20). The molecule has 0 spiro atoms. The Labute approximate surface area is 123 Å². The van der Waals surface area contributed by atoms with Crippen LogP contribution < -0.4 is 10.2 Å².